The Hall–Kier alpha value is -0.260. The zero-order valence-corrected chi connectivity index (χ0v) is 8.14. The van der Waals surface area contributed by atoms with E-state index >= 15 is 0 Å². The smallest absolute Gasteiger partial charge is 0.00588 e. The molecular formula is C12H18. The predicted molar refractivity (Wildman–Crippen MR) is 50.8 cm³/mol. The molecular weight excluding hydrogens is 144 g/mol. The van der Waals surface area contributed by atoms with Gasteiger partial charge in [0.2, 0.25) is 0 Å². The molecule has 0 amide bonds. The minimum absolute atomic E-state index is 0.579. The van der Waals surface area contributed by atoms with Crippen molar-refractivity contribution in [1.82, 2.24) is 0 Å². The Morgan fingerprint density at radius 1 is 1.17 bits per heavy atom. The van der Waals surface area contributed by atoms with Crippen LogP contribution in [-0.2, 0) is 0 Å². The molecule has 0 saturated heterocycles. The molecule has 0 aliphatic heterocycles. The van der Waals surface area contributed by atoms with Gasteiger partial charge in [0.1, 0.15) is 0 Å². The Balaban J connectivity index is 2.12. The van der Waals surface area contributed by atoms with Crippen molar-refractivity contribution in [3.05, 3.63) is 12.2 Å². The van der Waals surface area contributed by atoms with Crippen molar-refractivity contribution in [2.45, 2.75) is 39.5 Å². The highest BCUT2D eigenvalue weighted by atomic mass is 14.7. The molecule has 12 heavy (non-hydrogen) atoms. The lowest BCUT2D eigenvalue weighted by molar-refractivity contribution is 0.0657. The second-order valence-electron chi connectivity index (χ2n) is 5.51. The van der Waals surface area contributed by atoms with E-state index in [1.165, 1.54) is 25.7 Å². The van der Waals surface area contributed by atoms with Gasteiger partial charge in [0.15, 0.2) is 0 Å². The van der Waals surface area contributed by atoms with Crippen molar-refractivity contribution in [2.24, 2.45) is 22.7 Å². The summed E-state index contributed by atoms with van der Waals surface area (Å²) < 4.78 is 0. The fourth-order valence-corrected chi connectivity index (χ4v) is 4.27. The first kappa shape index (κ1) is 7.17. The lowest BCUT2D eigenvalue weighted by atomic mass is 9.60. The first-order valence-corrected chi connectivity index (χ1v) is 5.34. The number of allylic oxidation sites excluding steroid dienone is 2. The van der Waals surface area contributed by atoms with Crippen LogP contribution >= 0.6 is 0 Å². The van der Waals surface area contributed by atoms with Crippen LogP contribution in [0.1, 0.15) is 39.5 Å². The zero-order valence-electron chi connectivity index (χ0n) is 8.14. The summed E-state index contributed by atoms with van der Waals surface area (Å²) in [5.41, 5.74) is 1.23. The van der Waals surface area contributed by atoms with Gasteiger partial charge < -0.3 is 0 Å². The molecule has 0 radical (unpaired) electrons. The fourth-order valence-electron chi connectivity index (χ4n) is 4.27. The van der Waals surface area contributed by atoms with Crippen LogP contribution in [0.5, 0.6) is 0 Å². The molecule has 0 aromatic rings. The minimum atomic E-state index is 0.579. The van der Waals surface area contributed by atoms with E-state index in [9.17, 15) is 0 Å². The Morgan fingerprint density at radius 3 is 2.67 bits per heavy atom. The third-order valence-electron chi connectivity index (χ3n) is 5.42. The molecule has 0 N–H and O–H groups in total. The van der Waals surface area contributed by atoms with Crippen LogP contribution < -0.4 is 0 Å². The van der Waals surface area contributed by atoms with Crippen LogP contribution in [0.25, 0.3) is 0 Å². The van der Waals surface area contributed by atoms with Gasteiger partial charge in [-0.05, 0) is 48.3 Å². The van der Waals surface area contributed by atoms with Crippen molar-refractivity contribution < 1.29 is 0 Å². The number of fused-ring (bicyclic) bond motifs is 5. The molecule has 3 aliphatic rings. The third-order valence-corrected chi connectivity index (χ3v) is 5.42. The van der Waals surface area contributed by atoms with Gasteiger partial charge in [-0.15, -0.1) is 0 Å². The van der Waals surface area contributed by atoms with E-state index in [0.717, 1.165) is 11.8 Å². The largest absolute Gasteiger partial charge is 0.0874 e. The van der Waals surface area contributed by atoms with Crippen LogP contribution in [0, 0.1) is 22.7 Å². The first-order chi connectivity index (χ1) is 5.67. The summed E-state index contributed by atoms with van der Waals surface area (Å²) in [5, 5.41) is 0. The quantitative estimate of drug-likeness (QED) is 0.479. The first-order valence-electron chi connectivity index (χ1n) is 5.34. The molecule has 2 bridgehead atoms. The SMILES string of the molecule is C[C@@]12CC=C[C@]1(C)[C@@H]1CC[C@H]2C1. The standard InChI is InChI=1S/C12H18/c1-11-6-3-7-12(11,2)10-5-4-9(11)8-10/h3,6,9-10H,4-5,7-8H2,1-2H3/t9-,10+,11-,12+/m1/s1. The van der Waals surface area contributed by atoms with E-state index in [-0.39, 0.29) is 0 Å². The van der Waals surface area contributed by atoms with E-state index in [0.29, 0.717) is 10.8 Å². The summed E-state index contributed by atoms with van der Waals surface area (Å²) in [5.74, 6) is 2.06. The Morgan fingerprint density at radius 2 is 1.92 bits per heavy atom. The third kappa shape index (κ3) is 0.522. The maximum absolute atomic E-state index is 2.52. The maximum atomic E-state index is 2.52. The average Bonchev–Trinajstić information content (AvgIpc) is 2.61. The van der Waals surface area contributed by atoms with Crippen molar-refractivity contribution in [3.63, 3.8) is 0 Å². The maximum Gasteiger partial charge on any atom is -0.00588 e. The second-order valence-corrected chi connectivity index (χ2v) is 5.51. The molecule has 0 heterocycles. The topological polar surface area (TPSA) is 0 Å². The van der Waals surface area contributed by atoms with Crippen LogP contribution in [0.3, 0.4) is 0 Å². The fraction of sp³-hybridized carbons (Fsp3) is 0.833. The van der Waals surface area contributed by atoms with Gasteiger partial charge in [-0.25, -0.2) is 0 Å². The molecule has 66 valence electrons. The summed E-state index contributed by atoms with van der Waals surface area (Å²) in [6.45, 7) is 5.02. The minimum Gasteiger partial charge on any atom is -0.0874 e. The average molecular weight is 162 g/mol. The van der Waals surface area contributed by atoms with Crippen molar-refractivity contribution in [1.29, 1.82) is 0 Å². The highest BCUT2D eigenvalue weighted by molar-refractivity contribution is 5.24. The number of hydrogen-bond acceptors (Lipinski definition) is 0. The van der Waals surface area contributed by atoms with Crippen LogP contribution in [0.15, 0.2) is 12.2 Å². The lowest BCUT2D eigenvalue weighted by Gasteiger charge is -2.44. The molecule has 0 unspecified atom stereocenters. The van der Waals surface area contributed by atoms with Crippen molar-refractivity contribution in [2.75, 3.05) is 0 Å². The summed E-state index contributed by atoms with van der Waals surface area (Å²) in [6.07, 6.45) is 10.9. The summed E-state index contributed by atoms with van der Waals surface area (Å²) in [7, 11) is 0. The van der Waals surface area contributed by atoms with Gasteiger partial charge >= 0.3 is 0 Å². The number of rotatable bonds is 0. The summed E-state index contributed by atoms with van der Waals surface area (Å²) >= 11 is 0. The van der Waals surface area contributed by atoms with Crippen LogP contribution in [0.4, 0.5) is 0 Å². The molecule has 0 nitrogen and oxygen atoms in total. The Bertz CT molecular complexity index is 253. The summed E-state index contributed by atoms with van der Waals surface area (Å²) in [4.78, 5) is 0. The van der Waals surface area contributed by atoms with Gasteiger partial charge in [-0.2, -0.15) is 0 Å². The molecule has 2 saturated carbocycles. The van der Waals surface area contributed by atoms with E-state index < -0.39 is 0 Å². The Kier molecular flexibility index (Phi) is 1.08. The molecule has 4 atom stereocenters. The molecule has 2 fully saturated rings. The van der Waals surface area contributed by atoms with E-state index in [4.69, 9.17) is 0 Å². The monoisotopic (exact) mass is 162 g/mol. The van der Waals surface area contributed by atoms with Crippen molar-refractivity contribution >= 4 is 0 Å². The van der Waals surface area contributed by atoms with Gasteiger partial charge in [-0.3, -0.25) is 0 Å². The molecule has 3 aliphatic carbocycles. The molecule has 0 spiro atoms. The molecule has 0 aromatic heterocycles. The van der Waals surface area contributed by atoms with Crippen molar-refractivity contribution in [3.8, 4) is 0 Å². The van der Waals surface area contributed by atoms with Gasteiger partial charge in [-0.1, -0.05) is 26.0 Å². The summed E-state index contributed by atoms with van der Waals surface area (Å²) in [6, 6.07) is 0. The lowest BCUT2D eigenvalue weighted by Crippen LogP contribution is -2.38. The molecule has 3 rings (SSSR count). The predicted octanol–water partition coefficient (Wildman–Crippen LogP) is 3.39. The normalized spacial score (nSPS) is 61.2. The van der Waals surface area contributed by atoms with Crippen LogP contribution in [-0.4, -0.2) is 0 Å². The van der Waals surface area contributed by atoms with Gasteiger partial charge in [0.25, 0.3) is 0 Å². The van der Waals surface area contributed by atoms with E-state index in [2.05, 4.69) is 26.0 Å². The van der Waals surface area contributed by atoms with Gasteiger partial charge in [0.05, 0.1) is 0 Å². The zero-order chi connectivity index (χ0) is 8.40. The molecule has 0 heteroatoms. The van der Waals surface area contributed by atoms with Crippen LogP contribution in [0.2, 0.25) is 0 Å². The highest BCUT2D eigenvalue weighted by Gasteiger charge is 2.62. The van der Waals surface area contributed by atoms with Gasteiger partial charge in [0, 0.05) is 0 Å². The number of hydrogen-bond donors (Lipinski definition) is 0. The van der Waals surface area contributed by atoms with E-state index in [1.807, 2.05) is 0 Å². The van der Waals surface area contributed by atoms with E-state index in [1.54, 1.807) is 0 Å². The second kappa shape index (κ2) is 1.81. The Labute approximate surface area is 75.0 Å². The molecule has 0 aromatic carbocycles. The highest BCUT2D eigenvalue weighted by Crippen LogP contribution is 2.70.